The molecule has 0 fully saturated rings. The quantitative estimate of drug-likeness (QED) is 0.636. The predicted molar refractivity (Wildman–Crippen MR) is 69.3 cm³/mol. The van der Waals surface area contributed by atoms with Crippen molar-refractivity contribution in [2.45, 2.75) is 13.1 Å². The average Bonchev–Trinajstić information content (AvgIpc) is 2.76. The first-order chi connectivity index (χ1) is 8.67. The van der Waals surface area contributed by atoms with Crippen molar-refractivity contribution in [3.63, 3.8) is 0 Å². The van der Waals surface area contributed by atoms with Crippen molar-refractivity contribution in [3.05, 3.63) is 40.7 Å². The highest BCUT2D eigenvalue weighted by molar-refractivity contribution is 7.15. The van der Waals surface area contributed by atoms with Gasteiger partial charge in [-0.1, -0.05) is 23.5 Å². The molecule has 0 aliphatic rings. The van der Waals surface area contributed by atoms with E-state index in [9.17, 15) is 4.39 Å². The predicted octanol–water partition coefficient (Wildman–Crippen LogP) is 1.59. The normalized spacial score (nSPS) is 10.9. The molecule has 0 bridgehead atoms. The zero-order valence-corrected chi connectivity index (χ0v) is 10.7. The minimum absolute atomic E-state index is 0.216. The molecule has 2 rings (SSSR count). The Kier molecular flexibility index (Phi) is 4.19. The van der Waals surface area contributed by atoms with Gasteiger partial charge in [0.15, 0.2) is 0 Å². The summed E-state index contributed by atoms with van der Waals surface area (Å²) >= 11 is 1.40. The van der Waals surface area contributed by atoms with Crippen LogP contribution in [0.1, 0.15) is 10.6 Å². The van der Waals surface area contributed by atoms with E-state index < -0.39 is 0 Å². The van der Waals surface area contributed by atoms with Gasteiger partial charge in [0.2, 0.25) is 5.13 Å². The summed E-state index contributed by atoms with van der Waals surface area (Å²) in [5.74, 6) is 5.02. The number of nitrogens with zero attached hydrogens (tertiary/aromatic N) is 3. The lowest BCUT2D eigenvalue weighted by Gasteiger charge is -2.14. The fourth-order valence-corrected chi connectivity index (χ4v) is 2.34. The Labute approximate surface area is 108 Å². The summed E-state index contributed by atoms with van der Waals surface area (Å²) in [6, 6.07) is 6.57. The van der Waals surface area contributed by atoms with Gasteiger partial charge in [-0.2, -0.15) is 0 Å². The van der Waals surface area contributed by atoms with Crippen LogP contribution < -0.4 is 11.3 Å². The Morgan fingerprint density at radius 2 is 2.22 bits per heavy atom. The van der Waals surface area contributed by atoms with Crippen molar-refractivity contribution in [1.82, 2.24) is 15.1 Å². The molecule has 0 saturated carbocycles. The molecule has 18 heavy (non-hydrogen) atoms. The van der Waals surface area contributed by atoms with Crippen LogP contribution in [0.25, 0.3) is 0 Å². The Hall–Kier alpha value is -1.57. The highest BCUT2D eigenvalue weighted by Crippen LogP contribution is 2.16. The fourth-order valence-electron chi connectivity index (χ4n) is 1.61. The van der Waals surface area contributed by atoms with E-state index in [2.05, 4.69) is 15.6 Å². The molecule has 0 atom stereocenters. The van der Waals surface area contributed by atoms with E-state index in [0.717, 1.165) is 10.6 Å². The molecule has 0 spiro atoms. The monoisotopic (exact) mass is 267 g/mol. The summed E-state index contributed by atoms with van der Waals surface area (Å²) in [5, 5.41) is 9.30. The second kappa shape index (κ2) is 5.85. The van der Waals surface area contributed by atoms with Crippen molar-refractivity contribution >= 4 is 16.5 Å². The van der Waals surface area contributed by atoms with Crippen LogP contribution in [0.5, 0.6) is 0 Å². The second-order valence-electron chi connectivity index (χ2n) is 3.95. The highest BCUT2D eigenvalue weighted by Gasteiger charge is 2.07. The van der Waals surface area contributed by atoms with Crippen molar-refractivity contribution in [2.75, 3.05) is 12.5 Å². The van der Waals surface area contributed by atoms with Crippen molar-refractivity contribution in [2.24, 2.45) is 5.84 Å². The lowest BCUT2D eigenvalue weighted by molar-refractivity contribution is 0.317. The smallest absolute Gasteiger partial charge is 0.219 e. The first kappa shape index (κ1) is 12.9. The SMILES string of the molecule is CN(Cc1cccc(F)c1)Cc1nnc(NN)s1. The van der Waals surface area contributed by atoms with Crippen LogP contribution >= 0.6 is 11.3 Å². The average molecular weight is 267 g/mol. The molecule has 0 amide bonds. The van der Waals surface area contributed by atoms with E-state index in [-0.39, 0.29) is 5.82 Å². The summed E-state index contributed by atoms with van der Waals surface area (Å²) in [6.45, 7) is 1.30. The number of hydrazine groups is 1. The van der Waals surface area contributed by atoms with Gasteiger partial charge in [0.1, 0.15) is 10.8 Å². The standard InChI is InChI=1S/C11H14FN5S/c1-17(6-8-3-2-4-9(12)5-8)7-10-15-16-11(14-13)18-10/h2-5H,6-7,13H2,1H3,(H,14,16). The van der Waals surface area contributed by atoms with E-state index in [0.29, 0.717) is 18.2 Å². The zero-order valence-electron chi connectivity index (χ0n) is 9.93. The van der Waals surface area contributed by atoms with Gasteiger partial charge in [0.05, 0.1) is 6.54 Å². The van der Waals surface area contributed by atoms with Gasteiger partial charge in [-0.05, 0) is 24.7 Å². The van der Waals surface area contributed by atoms with Crippen LogP contribution in [0.3, 0.4) is 0 Å². The molecule has 3 N–H and O–H groups in total. The summed E-state index contributed by atoms with van der Waals surface area (Å²) in [7, 11) is 1.95. The van der Waals surface area contributed by atoms with Crippen molar-refractivity contribution in [3.8, 4) is 0 Å². The molecule has 1 aromatic heterocycles. The van der Waals surface area contributed by atoms with Gasteiger partial charge < -0.3 is 0 Å². The molecule has 96 valence electrons. The van der Waals surface area contributed by atoms with E-state index in [1.165, 1.54) is 23.5 Å². The number of rotatable bonds is 5. The van der Waals surface area contributed by atoms with E-state index in [1.54, 1.807) is 6.07 Å². The van der Waals surface area contributed by atoms with Crippen molar-refractivity contribution in [1.29, 1.82) is 0 Å². The van der Waals surface area contributed by atoms with Gasteiger partial charge in [-0.3, -0.25) is 10.3 Å². The number of nitrogens with two attached hydrogens (primary N) is 1. The minimum atomic E-state index is -0.216. The van der Waals surface area contributed by atoms with Crippen LogP contribution in [-0.2, 0) is 13.1 Å². The molecular weight excluding hydrogens is 253 g/mol. The molecule has 0 saturated heterocycles. The molecule has 2 aromatic rings. The van der Waals surface area contributed by atoms with Crippen molar-refractivity contribution < 1.29 is 4.39 Å². The van der Waals surface area contributed by atoms with Gasteiger partial charge in [0, 0.05) is 6.54 Å². The highest BCUT2D eigenvalue weighted by atomic mass is 32.1. The number of hydrogen-bond acceptors (Lipinski definition) is 6. The first-order valence-electron chi connectivity index (χ1n) is 5.39. The second-order valence-corrected chi connectivity index (χ2v) is 5.01. The zero-order chi connectivity index (χ0) is 13.0. The third-order valence-corrected chi connectivity index (χ3v) is 3.18. The van der Waals surface area contributed by atoms with Crippen LogP contribution in [-0.4, -0.2) is 22.1 Å². The number of nitrogen functional groups attached to an aromatic ring is 1. The lowest BCUT2D eigenvalue weighted by atomic mass is 10.2. The molecule has 0 aliphatic heterocycles. The topological polar surface area (TPSA) is 67.1 Å². The van der Waals surface area contributed by atoms with E-state index in [1.807, 2.05) is 18.0 Å². The summed E-state index contributed by atoms with van der Waals surface area (Å²) in [6.07, 6.45) is 0. The molecule has 5 nitrogen and oxygen atoms in total. The van der Waals surface area contributed by atoms with Crippen LogP contribution in [0.2, 0.25) is 0 Å². The minimum Gasteiger partial charge on any atom is -0.298 e. The Morgan fingerprint density at radius 3 is 2.89 bits per heavy atom. The van der Waals surface area contributed by atoms with Crippen LogP contribution in [0.4, 0.5) is 9.52 Å². The van der Waals surface area contributed by atoms with Crippen LogP contribution in [0, 0.1) is 5.82 Å². The molecule has 1 heterocycles. The van der Waals surface area contributed by atoms with Gasteiger partial charge in [-0.25, -0.2) is 10.2 Å². The largest absolute Gasteiger partial charge is 0.298 e. The Morgan fingerprint density at radius 1 is 1.39 bits per heavy atom. The molecule has 0 aliphatic carbocycles. The molecule has 1 aromatic carbocycles. The summed E-state index contributed by atoms with van der Waals surface area (Å²) < 4.78 is 13.0. The van der Waals surface area contributed by atoms with Gasteiger partial charge in [-0.15, -0.1) is 10.2 Å². The Balaban J connectivity index is 1.94. The molecule has 7 heteroatoms. The lowest BCUT2D eigenvalue weighted by Crippen LogP contribution is -2.17. The maximum Gasteiger partial charge on any atom is 0.219 e. The number of aromatic nitrogens is 2. The number of hydrogen-bond donors (Lipinski definition) is 2. The first-order valence-corrected chi connectivity index (χ1v) is 6.21. The van der Waals surface area contributed by atoms with E-state index >= 15 is 0 Å². The number of benzene rings is 1. The third kappa shape index (κ3) is 3.46. The Bertz CT molecular complexity index is 516. The molecule has 0 unspecified atom stereocenters. The van der Waals surface area contributed by atoms with Gasteiger partial charge in [0.25, 0.3) is 0 Å². The molecule has 0 radical (unpaired) electrons. The number of nitrogens with one attached hydrogen (secondary N) is 1. The van der Waals surface area contributed by atoms with Crippen LogP contribution in [0.15, 0.2) is 24.3 Å². The summed E-state index contributed by atoms with van der Waals surface area (Å²) in [4.78, 5) is 2.04. The van der Waals surface area contributed by atoms with Gasteiger partial charge >= 0.3 is 0 Å². The summed E-state index contributed by atoms with van der Waals surface area (Å²) in [5.41, 5.74) is 3.38. The number of halogens is 1. The fraction of sp³-hybridized carbons (Fsp3) is 0.273. The molecular formula is C11H14FN5S. The third-order valence-electron chi connectivity index (χ3n) is 2.34. The maximum absolute atomic E-state index is 13.0. The van der Waals surface area contributed by atoms with E-state index in [4.69, 9.17) is 5.84 Å². The maximum atomic E-state index is 13.0. The number of anilines is 1.